The van der Waals surface area contributed by atoms with E-state index in [2.05, 4.69) is 31.7 Å². The van der Waals surface area contributed by atoms with E-state index in [-0.39, 0.29) is 0 Å². The van der Waals surface area contributed by atoms with Crippen molar-refractivity contribution in [2.75, 3.05) is 19.4 Å². The molecule has 1 aromatic rings. The van der Waals surface area contributed by atoms with Gasteiger partial charge in [0.1, 0.15) is 5.75 Å². The number of piperidine rings is 1. The Morgan fingerprint density at radius 1 is 1.32 bits per heavy atom. The first-order valence-corrected chi connectivity index (χ1v) is 7.17. The third-order valence-corrected chi connectivity index (χ3v) is 4.45. The lowest BCUT2D eigenvalue weighted by atomic mass is 9.85. The zero-order valence-electron chi connectivity index (χ0n) is 12.5. The number of hydrogen-bond donors (Lipinski definition) is 1. The predicted octanol–water partition coefficient (Wildman–Crippen LogP) is 3.14. The van der Waals surface area contributed by atoms with Crippen LogP contribution in [0.1, 0.15) is 32.8 Å². The van der Waals surface area contributed by atoms with Crippen molar-refractivity contribution in [2.24, 2.45) is 11.8 Å². The Balaban J connectivity index is 2.11. The summed E-state index contributed by atoms with van der Waals surface area (Å²) in [7, 11) is 1.67. The van der Waals surface area contributed by atoms with Gasteiger partial charge < -0.3 is 10.5 Å². The first-order valence-electron chi connectivity index (χ1n) is 7.17. The molecular weight excluding hydrogens is 236 g/mol. The summed E-state index contributed by atoms with van der Waals surface area (Å²) in [5, 5.41) is 0. The lowest BCUT2D eigenvalue weighted by Gasteiger charge is -2.41. The number of anilines is 1. The molecule has 106 valence electrons. The highest BCUT2D eigenvalue weighted by atomic mass is 16.5. The number of likely N-dealkylation sites (tertiary alicyclic amines) is 1. The van der Waals surface area contributed by atoms with Crippen molar-refractivity contribution >= 4 is 5.69 Å². The Hall–Kier alpha value is -1.22. The van der Waals surface area contributed by atoms with E-state index in [0.29, 0.717) is 6.04 Å². The maximum absolute atomic E-state index is 6.12. The van der Waals surface area contributed by atoms with Crippen LogP contribution in [0, 0.1) is 11.8 Å². The molecule has 0 saturated carbocycles. The highest BCUT2D eigenvalue weighted by Crippen LogP contribution is 2.29. The van der Waals surface area contributed by atoms with E-state index in [9.17, 15) is 0 Å². The van der Waals surface area contributed by atoms with E-state index in [1.807, 2.05) is 12.1 Å². The summed E-state index contributed by atoms with van der Waals surface area (Å²) in [4.78, 5) is 2.55. The summed E-state index contributed by atoms with van der Waals surface area (Å²) in [5.74, 6) is 2.35. The fourth-order valence-corrected chi connectivity index (χ4v) is 3.10. The van der Waals surface area contributed by atoms with Crippen LogP contribution in [-0.2, 0) is 6.54 Å². The maximum Gasteiger partial charge on any atom is 0.120 e. The van der Waals surface area contributed by atoms with Crippen LogP contribution in [0.3, 0.4) is 0 Å². The molecule has 1 aliphatic rings. The second kappa shape index (κ2) is 5.83. The average molecular weight is 262 g/mol. The summed E-state index contributed by atoms with van der Waals surface area (Å²) in [6, 6.07) is 6.62. The highest BCUT2D eigenvalue weighted by Gasteiger charge is 2.28. The van der Waals surface area contributed by atoms with Crippen LogP contribution in [0.15, 0.2) is 18.2 Å². The molecule has 0 amide bonds. The van der Waals surface area contributed by atoms with Gasteiger partial charge in [0.2, 0.25) is 0 Å². The fraction of sp³-hybridized carbons (Fsp3) is 0.625. The van der Waals surface area contributed by atoms with E-state index >= 15 is 0 Å². The molecule has 1 fully saturated rings. The highest BCUT2D eigenvalue weighted by molar-refractivity contribution is 5.51. The van der Waals surface area contributed by atoms with Gasteiger partial charge in [0.05, 0.1) is 7.11 Å². The minimum atomic E-state index is 0.623. The summed E-state index contributed by atoms with van der Waals surface area (Å²) >= 11 is 0. The molecule has 2 rings (SSSR count). The second-order valence-corrected chi connectivity index (χ2v) is 6.05. The Bertz CT molecular complexity index is 433. The van der Waals surface area contributed by atoms with Gasteiger partial charge in [-0.1, -0.05) is 19.9 Å². The van der Waals surface area contributed by atoms with Crippen LogP contribution in [0.5, 0.6) is 5.75 Å². The topological polar surface area (TPSA) is 38.5 Å². The molecule has 1 heterocycles. The second-order valence-electron chi connectivity index (χ2n) is 6.05. The van der Waals surface area contributed by atoms with Crippen LogP contribution >= 0.6 is 0 Å². The van der Waals surface area contributed by atoms with Crippen molar-refractivity contribution in [3.05, 3.63) is 23.8 Å². The van der Waals surface area contributed by atoms with E-state index in [4.69, 9.17) is 10.5 Å². The van der Waals surface area contributed by atoms with Crippen LogP contribution in [0.2, 0.25) is 0 Å². The average Bonchev–Trinajstić information content (AvgIpc) is 2.37. The molecule has 0 spiro atoms. The van der Waals surface area contributed by atoms with E-state index < -0.39 is 0 Å². The molecule has 0 bridgehead atoms. The zero-order valence-corrected chi connectivity index (χ0v) is 12.5. The molecule has 0 aromatic heterocycles. The molecule has 3 nitrogen and oxygen atoms in total. The number of benzene rings is 1. The van der Waals surface area contributed by atoms with Crippen LogP contribution in [0.4, 0.5) is 5.69 Å². The van der Waals surface area contributed by atoms with Gasteiger partial charge in [-0.05, 0) is 36.8 Å². The molecule has 1 aromatic carbocycles. The number of nitrogens with zero attached hydrogens (tertiary/aromatic N) is 1. The maximum atomic E-state index is 6.12. The first kappa shape index (κ1) is 14.2. The van der Waals surface area contributed by atoms with E-state index in [1.54, 1.807) is 7.11 Å². The number of hydrogen-bond acceptors (Lipinski definition) is 3. The molecule has 1 saturated heterocycles. The Morgan fingerprint density at radius 2 is 2.05 bits per heavy atom. The van der Waals surface area contributed by atoms with Crippen LogP contribution in [0.25, 0.3) is 0 Å². The first-order chi connectivity index (χ1) is 9.01. The Morgan fingerprint density at radius 3 is 2.68 bits per heavy atom. The quantitative estimate of drug-likeness (QED) is 0.850. The number of methoxy groups -OCH3 is 1. The normalized spacial score (nSPS) is 28.3. The van der Waals surface area contributed by atoms with Crippen molar-refractivity contribution in [3.8, 4) is 5.75 Å². The van der Waals surface area contributed by atoms with Crippen LogP contribution in [-0.4, -0.2) is 24.6 Å². The summed E-state index contributed by atoms with van der Waals surface area (Å²) in [5.41, 5.74) is 8.16. The lowest BCUT2D eigenvalue weighted by Crippen LogP contribution is -2.45. The van der Waals surface area contributed by atoms with Gasteiger partial charge in [-0.2, -0.15) is 0 Å². The molecule has 2 N–H and O–H groups in total. The molecule has 0 radical (unpaired) electrons. The molecule has 1 aliphatic heterocycles. The third-order valence-electron chi connectivity index (χ3n) is 4.45. The Labute approximate surface area is 116 Å². The molecule has 0 aliphatic carbocycles. The van der Waals surface area contributed by atoms with Crippen molar-refractivity contribution in [2.45, 2.75) is 39.8 Å². The minimum absolute atomic E-state index is 0.623. The number of nitrogen functional groups attached to an aromatic ring is 1. The van der Waals surface area contributed by atoms with Crippen molar-refractivity contribution in [1.82, 2.24) is 4.90 Å². The standard InChI is InChI=1S/C16H26N2O/c1-11-7-12(2)13(3)18(9-11)10-14-5-6-15(19-4)8-16(14)17/h5-6,8,11-13H,7,9-10,17H2,1-4H3. The summed E-state index contributed by atoms with van der Waals surface area (Å²) < 4.78 is 5.20. The van der Waals surface area contributed by atoms with Crippen molar-refractivity contribution in [1.29, 1.82) is 0 Å². The van der Waals surface area contributed by atoms with Crippen molar-refractivity contribution < 1.29 is 4.74 Å². The van der Waals surface area contributed by atoms with E-state index in [0.717, 1.165) is 36.4 Å². The molecular formula is C16H26N2O. The predicted molar refractivity (Wildman–Crippen MR) is 80.2 cm³/mol. The molecule has 19 heavy (non-hydrogen) atoms. The molecule has 3 unspecified atom stereocenters. The summed E-state index contributed by atoms with van der Waals surface area (Å²) in [6.45, 7) is 9.12. The third kappa shape index (κ3) is 3.21. The van der Waals surface area contributed by atoms with Gasteiger partial charge in [0, 0.05) is 30.9 Å². The minimum Gasteiger partial charge on any atom is -0.497 e. The smallest absolute Gasteiger partial charge is 0.120 e. The van der Waals surface area contributed by atoms with Gasteiger partial charge in [-0.25, -0.2) is 0 Å². The SMILES string of the molecule is COc1ccc(CN2CC(C)CC(C)C2C)c(N)c1. The lowest BCUT2D eigenvalue weighted by molar-refractivity contribution is 0.0731. The van der Waals surface area contributed by atoms with Gasteiger partial charge >= 0.3 is 0 Å². The van der Waals surface area contributed by atoms with Gasteiger partial charge in [0.25, 0.3) is 0 Å². The summed E-state index contributed by atoms with van der Waals surface area (Å²) in [6.07, 6.45) is 1.33. The van der Waals surface area contributed by atoms with Crippen molar-refractivity contribution in [3.63, 3.8) is 0 Å². The fourth-order valence-electron chi connectivity index (χ4n) is 3.10. The van der Waals surface area contributed by atoms with Gasteiger partial charge in [0.15, 0.2) is 0 Å². The van der Waals surface area contributed by atoms with E-state index in [1.165, 1.54) is 12.0 Å². The molecule has 3 atom stereocenters. The number of ether oxygens (including phenoxy) is 1. The largest absolute Gasteiger partial charge is 0.497 e. The zero-order chi connectivity index (χ0) is 14.0. The monoisotopic (exact) mass is 262 g/mol. The Kier molecular flexibility index (Phi) is 4.35. The van der Waals surface area contributed by atoms with Gasteiger partial charge in [-0.15, -0.1) is 0 Å². The number of nitrogens with two attached hydrogens (primary N) is 1. The number of rotatable bonds is 3. The van der Waals surface area contributed by atoms with Crippen LogP contribution < -0.4 is 10.5 Å². The van der Waals surface area contributed by atoms with Gasteiger partial charge in [-0.3, -0.25) is 4.90 Å². The molecule has 3 heteroatoms.